The third-order valence-corrected chi connectivity index (χ3v) is 7.70. The van der Waals surface area contributed by atoms with Crippen molar-refractivity contribution in [3.05, 3.63) is 28.8 Å². The molecule has 1 aromatic carbocycles. The summed E-state index contributed by atoms with van der Waals surface area (Å²) >= 11 is 6.48. The van der Waals surface area contributed by atoms with Gasteiger partial charge in [0.05, 0.1) is 5.02 Å². The fraction of sp³-hybridized carbons (Fsp3) is 0.720. The van der Waals surface area contributed by atoms with Crippen molar-refractivity contribution in [2.75, 3.05) is 26.2 Å². The van der Waals surface area contributed by atoms with Crippen LogP contribution in [0, 0.1) is 0 Å². The second-order valence-electron chi connectivity index (χ2n) is 9.81. The Kier molecular flexibility index (Phi) is 7.78. The van der Waals surface area contributed by atoms with Gasteiger partial charge < -0.3 is 19.9 Å². The smallest absolute Gasteiger partial charge is 0.251 e. The molecular weight excluding hydrogens is 410 g/mol. The van der Waals surface area contributed by atoms with Crippen molar-refractivity contribution in [2.24, 2.45) is 0 Å². The van der Waals surface area contributed by atoms with Crippen molar-refractivity contribution >= 4 is 17.5 Å². The fourth-order valence-electron chi connectivity index (χ4n) is 5.38. The number of nitrogens with zero attached hydrogens (tertiary/aromatic N) is 2. The molecule has 1 N–H and O–H groups in total. The van der Waals surface area contributed by atoms with Crippen LogP contribution in [0.1, 0.15) is 75.6 Å². The zero-order chi connectivity index (χ0) is 21.8. The van der Waals surface area contributed by atoms with Gasteiger partial charge in [0.2, 0.25) is 0 Å². The van der Waals surface area contributed by atoms with Crippen LogP contribution in [0.25, 0.3) is 0 Å². The highest BCUT2D eigenvalue weighted by atomic mass is 35.5. The van der Waals surface area contributed by atoms with Crippen molar-refractivity contribution in [3.63, 3.8) is 0 Å². The van der Waals surface area contributed by atoms with Crippen LogP contribution >= 0.6 is 11.6 Å². The first-order valence-electron chi connectivity index (χ1n) is 12.2. The molecule has 1 amide bonds. The Labute approximate surface area is 192 Å². The number of likely N-dealkylation sites (tertiary alicyclic amines) is 2. The number of carbonyl (C=O) groups excluding carboxylic acids is 1. The van der Waals surface area contributed by atoms with Crippen molar-refractivity contribution < 1.29 is 9.53 Å². The summed E-state index contributed by atoms with van der Waals surface area (Å²) in [6.45, 7) is 9.21. The minimum absolute atomic E-state index is 0.0304. The van der Waals surface area contributed by atoms with Crippen LogP contribution in [-0.4, -0.2) is 66.1 Å². The van der Waals surface area contributed by atoms with E-state index < -0.39 is 0 Å². The lowest BCUT2D eigenvalue weighted by molar-refractivity contribution is 0.0429. The lowest BCUT2D eigenvalue weighted by Crippen LogP contribution is -2.50. The molecule has 0 spiro atoms. The summed E-state index contributed by atoms with van der Waals surface area (Å²) in [6.07, 6.45) is 9.38. The van der Waals surface area contributed by atoms with Gasteiger partial charge in [-0.3, -0.25) is 4.79 Å². The van der Waals surface area contributed by atoms with E-state index >= 15 is 0 Å². The number of benzene rings is 1. The minimum atomic E-state index is -0.0304. The summed E-state index contributed by atoms with van der Waals surface area (Å²) in [5.41, 5.74) is 0.617. The predicted octanol–water partition coefficient (Wildman–Crippen LogP) is 4.73. The zero-order valence-electron chi connectivity index (χ0n) is 19.1. The van der Waals surface area contributed by atoms with Crippen LogP contribution in [0.4, 0.5) is 0 Å². The molecule has 31 heavy (non-hydrogen) atoms. The standard InChI is InChI=1S/C25H38ClN3O2/c1-18(2)28-13-9-21(10-14-28)29-15-11-22(12-16-29)31-24-8-7-19(17-23(24)26)25(30)27-20-5-3-4-6-20/h7-8,17-18,20-22H,3-6,9-16H2,1-2H3,(H,27,30). The van der Waals surface area contributed by atoms with Crippen LogP contribution in [0.5, 0.6) is 5.75 Å². The normalized spacial score (nSPS) is 22.8. The van der Waals surface area contributed by atoms with Gasteiger partial charge in [-0.15, -0.1) is 0 Å². The van der Waals surface area contributed by atoms with Gasteiger partial charge in [0.25, 0.3) is 5.91 Å². The van der Waals surface area contributed by atoms with E-state index in [9.17, 15) is 4.79 Å². The molecule has 0 atom stereocenters. The molecule has 5 nitrogen and oxygen atoms in total. The van der Waals surface area contributed by atoms with Crippen molar-refractivity contribution in [1.29, 1.82) is 0 Å². The Hall–Kier alpha value is -1.30. The maximum atomic E-state index is 12.5. The van der Waals surface area contributed by atoms with Gasteiger partial charge in [-0.05, 0) is 83.7 Å². The summed E-state index contributed by atoms with van der Waals surface area (Å²) in [5.74, 6) is 0.667. The highest BCUT2D eigenvalue weighted by Gasteiger charge is 2.29. The Morgan fingerprint density at radius 3 is 2.32 bits per heavy atom. The van der Waals surface area contributed by atoms with Crippen molar-refractivity contribution in [2.45, 2.75) is 89.4 Å². The maximum Gasteiger partial charge on any atom is 0.251 e. The molecule has 6 heteroatoms. The number of amides is 1. The van der Waals surface area contributed by atoms with Gasteiger partial charge in [-0.2, -0.15) is 0 Å². The quantitative estimate of drug-likeness (QED) is 0.684. The van der Waals surface area contributed by atoms with Gasteiger partial charge in [-0.25, -0.2) is 0 Å². The molecule has 3 fully saturated rings. The average Bonchev–Trinajstić information content (AvgIpc) is 3.29. The largest absolute Gasteiger partial charge is 0.489 e. The van der Waals surface area contributed by atoms with Gasteiger partial charge in [0, 0.05) is 36.8 Å². The lowest BCUT2D eigenvalue weighted by atomic mass is 9.98. The van der Waals surface area contributed by atoms with E-state index in [1.807, 2.05) is 12.1 Å². The number of nitrogens with one attached hydrogen (secondary N) is 1. The molecule has 4 rings (SSSR count). The zero-order valence-corrected chi connectivity index (χ0v) is 19.9. The highest BCUT2D eigenvalue weighted by Crippen LogP contribution is 2.30. The van der Waals surface area contributed by atoms with Gasteiger partial charge in [0.1, 0.15) is 11.9 Å². The maximum absolute atomic E-state index is 12.5. The lowest BCUT2D eigenvalue weighted by Gasteiger charge is -2.42. The first-order valence-corrected chi connectivity index (χ1v) is 12.6. The number of hydrogen-bond acceptors (Lipinski definition) is 4. The summed E-state index contributed by atoms with van der Waals surface area (Å²) in [6, 6.07) is 7.13. The third-order valence-electron chi connectivity index (χ3n) is 7.40. The molecule has 2 saturated heterocycles. The Morgan fingerprint density at radius 2 is 1.71 bits per heavy atom. The van der Waals surface area contributed by atoms with Crippen LogP contribution in [0.15, 0.2) is 18.2 Å². The van der Waals surface area contributed by atoms with Crippen LogP contribution in [0.3, 0.4) is 0 Å². The number of carbonyl (C=O) groups is 1. The van der Waals surface area contributed by atoms with Crippen molar-refractivity contribution in [3.8, 4) is 5.75 Å². The molecule has 172 valence electrons. The molecule has 2 heterocycles. The Morgan fingerprint density at radius 1 is 1.03 bits per heavy atom. The number of hydrogen-bond donors (Lipinski definition) is 1. The second kappa shape index (κ2) is 10.5. The first kappa shape index (κ1) is 22.9. The SMILES string of the molecule is CC(C)N1CCC(N2CCC(Oc3ccc(C(=O)NC4CCCC4)cc3Cl)CC2)CC1. The molecule has 0 radical (unpaired) electrons. The van der Waals surface area contributed by atoms with E-state index in [-0.39, 0.29) is 12.0 Å². The number of halogens is 1. The topological polar surface area (TPSA) is 44.8 Å². The van der Waals surface area contributed by atoms with Crippen LogP contribution in [-0.2, 0) is 0 Å². The summed E-state index contributed by atoms with van der Waals surface area (Å²) in [7, 11) is 0. The van der Waals surface area contributed by atoms with E-state index in [0.717, 1.165) is 44.8 Å². The van der Waals surface area contributed by atoms with Gasteiger partial charge in [0.15, 0.2) is 0 Å². The Bertz CT molecular complexity index is 734. The second-order valence-corrected chi connectivity index (χ2v) is 10.2. The van der Waals surface area contributed by atoms with Gasteiger partial charge >= 0.3 is 0 Å². The fourth-order valence-corrected chi connectivity index (χ4v) is 5.61. The molecule has 0 bridgehead atoms. The third kappa shape index (κ3) is 5.94. The predicted molar refractivity (Wildman–Crippen MR) is 126 cm³/mol. The Balaban J connectivity index is 1.24. The molecule has 0 aromatic heterocycles. The number of piperidine rings is 2. The molecular formula is C25H38ClN3O2. The molecule has 3 aliphatic rings. The van der Waals surface area contributed by atoms with E-state index in [1.165, 1.54) is 38.8 Å². The number of ether oxygens (including phenoxy) is 1. The molecule has 1 saturated carbocycles. The first-order chi connectivity index (χ1) is 15.0. The number of rotatable bonds is 6. The van der Waals surface area contributed by atoms with Crippen LogP contribution in [0.2, 0.25) is 5.02 Å². The highest BCUT2D eigenvalue weighted by molar-refractivity contribution is 6.32. The van der Waals surface area contributed by atoms with Crippen molar-refractivity contribution in [1.82, 2.24) is 15.1 Å². The molecule has 1 aromatic rings. The summed E-state index contributed by atoms with van der Waals surface area (Å²) in [5, 5.41) is 3.65. The average molecular weight is 448 g/mol. The molecule has 1 aliphatic carbocycles. The monoisotopic (exact) mass is 447 g/mol. The van der Waals surface area contributed by atoms with Gasteiger partial charge in [-0.1, -0.05) is 24.4 Å². The minimum Gasteiger partial charge on any atom is -0.489 e. The van der Waals surface area contributed by atoms with E-state index in [1.54, 1.807) is 6.07 Å². The van der Waals surface area contributed by atoms with Crippen LogP contribution < -0.4 is 10.1 Å². The molecule has 2 aliphatic heterocycles. The van der Waals surface area contributed by atoms with E-state index in [2.05, 4.69) is 29.0 Å². The summed E-state index contributed by atoms with van der Waals surface area (Å²) in [4.78, 5) is 17.7. The molecule has 0 unspecified atom stereocenters. The van der Waals surface area contributed by atoms with E-state index in [4.69, 9.17) is 16.3 Å². The van der Waals surface area contributed by atoms with E-state index in [0.29, 0.717) is 28.4 Å². The summed E-state index contributed by atoms with van der Waals surface area (Å²) < 4.78 is 6.24.